The van der Waals surface area contributed by atoms with Gasteiger partial charge in [0, 0.05) is 11.6 Å². The molecule has 0 aliphatic carbocycles. The van der Waals surface area contributed by atoms with Crippen molar-refractivity contribution in [3.05, 3.63) is 11.6 Å². The normalized spacial score (nSPS) is 12.8. The standard InChI is InChI=1S/C8H11F3O2/c1-3-4-13-7(12)6(2)5-8(9,10)11/h5H,3-4H2,1-2H3/b6-5+. The predicted octanol–water partition coefficient (Wildman–Crippen LogP) is 2.45. The van der Waals surface area contributed by atoms with Crippen molar-refractivity contribution in [3.63, 3.8) is 0 Å². The van der Waals surface area contributed by atoms with Crippen LogP contribution in [0.5, 0.6) is 0 Å². The summed E-state index contributed by atoms with van der Waals surface area (Å²) < 4.78 is 39.6. The maximum atomic E-state index is 11.7. The van der Waals surface area contributed by atoms with Crippen LogP contribution in [-0.4, -0.2) is 18.8 Å². The van der Waals surface area contributed by atoms with Gasteiger partial charge in [-0.1, -0.05) is 6.92 Å². The third kappa shape index (κ3) is 6.19. The van der Waals surface area contributed by atoms with Crippen molar-refractivity contribution < 1.29 is 22.7 Å². The fourth-order valence-electron chi connectivity index (χ4n) is 0.613. The van der Waals surface area contributed by atoms with Gasteiger partial charge in [0.1, 0.15) is 0 Å². The second-order valence-corrected chi connectivity index (χ2v) is 2.50. The lowest BCUT2D eigenvalue weighted by Crippen LogP contribution is -2.11. The van der Waals surface area contributed by atoms with E-state index in [1.165, 1.54) is 0 Å². The summed E-state index contributed by atoms with van der Waals surface area (Å²) in [5.74, 6) is -0.917. The molecule has 0 aliphatic heterocycles. The quantitative estimate of drug-likeness (QED) is 0.512. The average Bonchev–Trinajstić information content (AvgIpc) is 1.96. The Labute approximate surface area is 74.4 Å². The fraction of sp³-hybridized carbons (Fsp3) is 0.625. The molecule has 0 aromatic heterocycles. The third-order valence-electron chi connectivity index (χ3n) is 1.14. The maximum absolute atomic E-state index is 11.7. The van der Waals surface area contributed by atoms with Crippen molar-refractivity contribution in [2.24, 2.45) is 0 Å². The summed E-state index contributed by atoms with van der Waals surface area (Å²) in [5.41, 5.74) is -0.430. The van der Waals surface area contributed by atoms with E-state index >= 15 is 0 Å². The van der Waals surface area contributed by atoms with Crippen LogP contribution in [0, 0.1) is 0 Å². The molecule has 0 saturated carbocycles. The van der Waals surface area contributed by atoms with Gasteiger partial charge in [-0.3, -0.25) is 0 Å². The van der Waals surface area contributed by atoms with Gasteiger partial charge in [0.15, 0.2) is 0 Å². The van der Waals surface area contributed by atoms with Gasteiger partial charge in [-0.15, -0.1) is 0 Å². The number of esters is 1. The molecule has 0 N–H and O–H groups in total. The minimum absolute atomic E-state index is 0.0645. The van der Waals surface area contributed by atoms with E-state index in [1.807, 2.05) is 0 Å². The lowest BCUT2D eigenvalue weighted by atomic mass is 10.3. The highest BCUT2D eigenvalue weighted by atomic mass is 19.4. The third-order valence-corrected chi connectivity index (χ3v) is 1.14. The van der Waals surface area contributed by atoms with Gasteiger partial charge in [-0.25, -0.2) is 4.79 Å². The first-order valence-electron chi connectivity index (χ1n) is 3.80. The molecule has 0 atom stereocenters. The predicted molar refractivity (Wildman–Crippen MR) is 41.1 cm³/mol. The minimum atomic E-state index is -4.46. The Balaban J connectivity index is 4.17. The number of allylic oxidation sites excluding steroid dienone is 1. The SMILES string of the molecule is CCCOC(=O)/C(C)=C/C(F)(F)F. The smallest absolute Gasteiger partial charge is 0.410 e. The molecule has 0 saturated heterocycles. The summed E-state index contributed by atoms with van der Waals surface area (Å²) in [5, 5.41) is 0. The van der Waals surface area contributed by atoms with Crippen LogP contribution in [-0.2, 0) is 9.53 Å². The highest BCUT2D eigenvalue weighted by Crippen LogP contribution is 2.18. The number of carbonyl (C=O) groups is 1. The first-order valence-corrected chi connectivity index (χ1v) is 3.80. The molecule has 0 radical (unpaired) electrons. The summed E-state index contributed by atoms with van der Waals surface area (Å²) >= 11 is 0. The minimum Gasteiger partial charge on any atom is -0.462 e. The largest absolute Gasteiger partial charge is 0.462 e. The number of hydrogen-bond donors (Lipinski definition) is 0. The van der Waals surface area contributed by atoms with Crippen molar-refractivity contribution >= 4 is 5.97 Å². The molecular formula is C8H11F3O2. The molecule has 0 unspecified atom stereocenters. The number of carbonyl (C=O) groups excluding carboxylic acids is 1. The highest BCUT2D eigenvalue weighted by molar-refractivity contribution is 5.87. The lowest BCUT2D eigenvalue weighted by molar-refractivity contribution is -0.139. The van der Waals surface area contributed by atoms with E-state index in [0.29, 0.717) is 6.42 Å². The zero-order valence-electron chi connectivity index (χ0n) is 7.44. The van der Waals surface area contributed by atoms with E-state index in [2.05, 4.69) is 4.74 Å². The molecule has 13 heavy (non-hydrogen) atoms. The Morgan fingerprint density at radius 1 is 1.46 bits per heavy atom. The number of ether oxygens (including phenoxy) is 1. The van der Waals surface area contributed by atoms with Crippen molar-refractivity contribution in [1.82, 2.24) is 0 Å². The summed E-state index contributed by atoms with van der Waals surface area (Å²) in [6.45, 7) is 2.98. The number of hydrogen-bond acceptors (Lipinski definition) is 2. The van der Waals surface area contributed by atoms with E-state index in [1.54, 1.807) is 6.92 Å². The zero-order valence-corrected chi connectivity index (χ0v) is 7.44. The lowest BCUT2D eigenvalue weighted by Gasteiger charge is -2.04. The molecule has 0 heterocycles. The topological polar surface area (TPSA) is 26.3 Å². The Hall–Kier alpha value is -1.00. The zero-order chi connectivity index (χ0) is 10.5. The van der Waals surface area contributed by atoms with Gasteiger partial charge in [-0.05, 0) is 13.3 Å². The van der Waals surface area contributed by atoms with Crippen LogP contribution in [0.4, 0.5) is 13.2 Å². The Morgan fingerprint density at radius 3 is 2.38 bits per heavy atom. The molecule has 76 valence electrons. The first-order chi connectivity index (χ1) is 5.87. The van der Waals surface area contributed by atoms with Gasteiger partial charge < -0.3 is 4.74 Å². The first kappa shape index (κ1) is 12.0. The van der Waals surface area contributed by atoms with Gasteiger partial charge in [-0.2, -0.15) is 13.2 Å². The van der Waals surface area contributed by atoms with Crippen LogP contribution < -0.4 is 0 Å². The highest BCUT2D eigenvalue weighted by Gasteiger charge is 2.25. The summed E-state index contributed by atoms with van der Waals surface area (Å²) in [6, 6.07) is 0. The maximum Gasteiger partial charge on any atom is 0.410 e. The Morgan fingerprint density at radius 2 is 2.00 bits per heavy atom. The van der Waals surface area contributed by atoms with Gasteiger partial charge in [0.2, 0.25) is 0 Å². The number of alkyl halides is 3. The van der Waals surface area contributed by atoms with E-state index < -0.39 is 17.7 Å². The molecule has 0 aliphatic rings. The summed E-state index contributed by atoms with van der Waals surface area (Å²) in [7, 11) is 0. The molecule has 5 heteroatoms. The van der Waals surface area contributed by atoms with Gasteiger partial charge >= 0.3 is 12.1 Å². The number of rotatable bonds is 3. The van der Waals surface area contributed by atoms with Crippen LogP contribution in [0.1, 0.15) is 20.3 Å². The molecule has 0 aromatic rings. The van der Waals surface area contributed by atoms with E-state index in [-0.39, 0.29) is 12.7 Å². The number of halogens is 3. The molecule has 0 fully saturated rings. The van der Waals surface area contributed by atoms with Crippen LogP contribution in [0.15, 0.2) is 11.6 Å². The van der Waals surface area contributed by atoms with Gasteiger partial charge in [0.25, 0.3) is 0 Å². The fourth-order valence-corrected chi connectivity index (χ4v) is 0.613. The van der Waals surface area contributed by atoms with Crippen molar-refractivity contribution in [3.8, 4) is 0 Å². The summed E-state index contributed by atoms with van der Waals surface area (Å²) in [6.07, 6.45) is -3.94. The second-order valence-electron chi connectivity index (χ2n) is 2.50. The van der Waals surface area contributed by atoms with E-state index in [9.17, 15) is 18.0 Å². The monoisotopic (exact) mass is 196 g/mol. The average molecular weight is 196 g/mol. The van der Waals surface area contributed by atoms with Crippen molar-refractivity contribution in [2.75, 3.05) is 6.61 Å². The molecule has 0 amide bonds. The van der Waals surface area contributed by atoms with Gasteiger partial charge in [0.05, 0.1) is 6.61 Å². The second kappa shape index (κ2) is 4.89. The van der Waals surface area contributed by atoms with E-state index in [4.69, 9.17) is 0 Å². The molecular weight excluding hydrogens is 185 g/mol. The van der Waals surface area contributed by atoms with Crippen molar-refractivity contribution in [1.29, 1.82) is 0 Å². The molecule has 2 nitrogen and oxygen atoms in total. The van der Waals surface area contributed by atoms with E-state index in [0.717, 1.165) is 6.92 Å². The van der Waals surface area contributed by atoms with Crippen molar-refractivity contribution in [2.45, 2.75) is 26.4 Å². The molecule has 0 spiro atoms. The van der Waals surface area contributed by atoms with Crippen LogP contribution in [0.2, 0.25) is 0 Å². The molecule has 0 aromatic carbocycles. The van der Waals surface area contributed by atoms with Crippen LogP contribution in [0.25, 0.3) is 0 Å². The molecule has 0 rings (SSSR count). The summed E-state index contributed by atoms with van der Waals surface area (Å²) in [4.78, 5) is 10.8. The molecule has 0 bridgehead atoms. The Bertz CT molecular complexity index is 206. The Kier molecular flexibility index (Phi) is 4.51. The van der Waals surface area contributed by atoms with Crippen LogP contribution >= 0.6 is 0 Å². The van der Waals surface area contributed by atoms with Crippen LogP contribution in [0.3, 0.4) is 0 Å².